The summed E-state index contributed by atoms with van der Waals surface area (Å²) in [4.78, 5) is 1.21. The van der Waals surface area contributed by atoms with Crippen LogP contribution in [0.15, 0.2) is 29.2 Å². The predicted molar refractivity (Wildman–Crippen MR) is 76.0 cm³/mol. The largest absolute Gasteiger partial charge is 0.497 e. The third-order valence-corrected chi connectivity index (χ3v) is 4.01. The number of hydrogen-bond donors (Lipinski definition) is 1. The first kappa shape index (κ1) is 14.9. The van der Waals surface area contributed by atoms with Gasteiger partial charge in [-0.25, -0.2) is 0 Å². The maximum atomic E-state index is 9.03. The second kappa shape index (κ2) is 7.30. The van der Waals surface area contributed by atoms with Gasteiger partial charge in [0.05, 0.1) is 13.2 Å². The average molecular weight is 264 g/mol. The van der Waals surface area contributed by atoms with Gasteiger partial charge in [0.15, 0.2) is 0 Å². The predicted octanol–water partition coefficient (Wildman–Crippen LogP) is 3.07. The minimum absolute atomic E-state index is 0.408. The summed E-state index contributed by atoms with van der Waals surface area (Å²) >= 11 is 1.79. The summed E-state index contributed by atoms with van der Waals surface area (Å²) in [6.45, 7) is 1.93. The quantitative estimate of drug-likeness (QED) is 0.607. The Bertz CT molecular complexity index is 417. The molecular weight excluding hydrogens is 244 g/mol. The lowest BCUT2D eigenvalue weighted by molar-refractivity contribution is 0.413. The Labute approximate surface area is 114 Å². The Kier molecular flexibility index (Phi) is 6.03. The van der Waals surface area contributed by atoms with Gasteiger partial charge < -0.3 is 10.1 Å². The number of nitrogens with one attached hydrogen (secondary N) is 1. The van der Waals surface area contributed by atoms with Gasteiger partial charge in [0.25, 0.3) is 0 Å². The number of methoxy groups -OCH3 is 1. The average Bonchev–Trinajstić information content (AvgIpc) is 2.43. The fourth-order valence-corrected chi connectivity index (χ4v) is 2.44. The van der Waals surface area contributed by atoms with Crippen LogP contribution in [0.2, 0.25) is 0 Å². The molecule has 0 heterocycles. The number of ether oxygens (including phenoxy) is 1. The second-order valence-electron chi connectivity index (χ2n) is 4.32. The Balaban J connectivity index is 2.36. The molecule has 0 aliphatic rings. The van der Waals surface area contributed by atoms with Crippen molar-refractivity contribution in [2.75, 3.05) is 19.9 Å². The fourth-order valence-electron chi connectivity index (χ4n) is 1.54. The van der Waals surface area contributed by atoms with Gasteiger partial charge in [-0.05, 0) is 50.8 Å². The normalized spacial score (nSPS) is 13.7. The zero-order valence-corrected chi connectivity index (χ0v) is 12.0. The van der Waals surface area contributed by atoms with Gasteiger partial charge in [0.2, 0.25) is 0 Å². The smallest absolute Gasteiger partial charge is 0.119 e. The number of nitrogens with zero attached hydrogens (tertiary/aromatic N) is 1. The monoisotopic (exact) mass is 264 g/mol. The van der Waals surface area contributed by atoms with E-state index in [-0.39, 0.29) is 0 Å². The van der Waals surface area contributed by atoms with Crippen LogP contribution in [0.5, 0.6) is 5.75 Å². The van der Waals surface area contributed by atoms with E-state index in [1.165, 1.54) is 4.90 Å². The van der Waals surface area contributed by atoms with Crippen molar-refractivity contribution in [3.05, 3.63) is 24.3 Å². The number of benzene rings is 1. The third-order valence-electron chi connectivity index (χ3n) is 2.93. The van der Waals surface area contributed by atoms with Crippen molar-refractivity contribution in [2.24, 2.45) is 0 Å². The molecule has 1 aromatic carbocycles. The van der Waals surface area contributed by atoms with Gasteiger partial charge >= 0.3 is 0 Å². The molecule has 1 atom stereocenters. The van der Waals surface area contributed by atoms with Gasteiger partial charge in [0.1, 0.15) is 11.3 Å². The summed E-state index contributed by atoms with van der Waals surface area (Å²) in [5, 5.41) is 12.1. The maximum absolute atomic E-state index is 9.03. The molecule has 0 saturated carbocycles. The molecule has 1 unspecified atom stereocenters. The molecule has 3 nitrogen and oxygen atoms in total. The van der Waals surface area contributed by atoms with E-state index in [0.29, 0.717) is 0 Å². The molecule has 0 saturated heterocycles. The van der Waals surface area contributed by atoms with Gasteiger partial charge in [-0.3, -0.25) is 0 Å². The van der Waals surface area contributed by atoms with Crippen LogP contribution < -0.4 is 10.1 Å². The summed E-state index contributed by atoms with van der Waals surface area (Å²) in [5.74, 6) is 1.89. The van der Waals surface area contributed by atoms with Gasteiger partial charge in [-0.15, -0.1) is 11.8 Å². The molecule has 0 spiro atoms. The van der Waals surface area contributed by atoms with Gasteiger partial charge in [-0.2, -0.15) is 5.26 Å². The summed E-state index contributed by atoms with van der Waals surface area (Å²) in [6.07, 6.45) is 1.86. The zero-order valence-electron chi connectivity index (χ0n) is 11.2. The van der Waals surface area contributed by atoms with Crippen LogP contribution in [0.1, 0.15) is 19.8 Å². The van der Waals surface area contributed by atoms with E-state index in [0.717, 1.165) is 24.3 Å². The molecule has 98 valence electrons. The molecule has 0 amide bonds. The van der Waals surface area contributed by atoms with Crippen LogP contribution in [0, 0.1) is 11.3 Å². The van der Waals surface area contributed by atoms with Gasteiger partial charge in [-0.1, -0.05) is 6.07 Å². The number of rotatable bonds is 7. The summed E-state index contributed by atoms with van der Waals surface area (Å²) < 4.78 is 5.18. The molecule has 0 bridgehead atoms. The first-order valence-corrected chi connectivity index (χ1v) is 6.99. The topological polar surface area (TPSA) is 45.0 Å². The molecule has 18 heavy (non-hydrogen) atoms. The lowest BCUT2D eigenvalue weighted by Crippen LogP contribution is -2.37. The molecule has 0 aliphatic carbocycles. The van der Waals surface area contributed by atoms with Crippen molar-refractivity contribution in [3.8, 4) is 11.8 Å². The highest BCUT2D eigenvalue weighted by atomic mass is 32.2. The molecule has 4 heteroatoms. The number of nitriles is 1. The highest BCUT2D eigenvalue weighted by molar-refractivity contribution is 7.99. The standard InChI is InChI=1S/C14H20N2OS/c1-14(11-15,16-2)8-5-9-18-13-7-4-6-12(10-13)17-3/h4,6-7,10,16H,5,8-9H2,1-3H3. The first-order valence-electron chi connectivity index (χ1n) is 6.00. The second-order valence-corrected chi connectivity index (χ2v) is 5.49. The van der Waals surface area contributed by atoms with E-state index in [4.69, 9.17) is 10.00 Å². The highest BCUT2D eigenvalue weighted by Crippen LogP contribution is 2.24. The van der Waals surface area contributed by atoms with Crippen LogP contribution in [-0.4, -0.2) is 25.4 Å². The van der Waals surface area contributed by atoms with E-state index >= 15 is 0 Å². The van der Waals surface area contributed by atoms with Crippen LogP contribution >= 0.6 is 11.8 Å². The lowest BCUT2D eigenvalue weighted by atomic mass is 9.99. The SMILES string of the molecule is CNC(C)(C#N)CCCSc1cccc(OC)c1. The first-order chi connectivity index (χ1) is 8.63. The Morgan fingerprint density at radius 2 is 2.28 bits per heavy atom. The minimum atomic E-state index is -0.408. The molecule has 0 aromatic heterocycles. The van der Waals surface area contributed by atoms with Crippen molar-refractivity contribution < 1.29 is 4.74 Å². The van der Waals surface area contributed by atoms with Crippen molar-refractivity contribution >= 4 is 11.8 Å². The molecule has 1 aromatic rings. The summed E-state index contributed by atoms with van der Waals surface area (Å²) in [7, 11) is 3.51. The molecule has 0 radical (unpaired) electrons. The minimum Gasteiger partial charge on any atom is -0.497 e. The fraction of sp³-hybridized carbons (Fsp3) is 0.500. The van der Waals surface area contributed by atoms with E-state index in [1.807, 2.05) is 32.2 Å². The van der Waals surface area contributed by atoms with Gasteiger partial charge in [0, 0.05) is 4.90 Å². The highest BCUT2D eigenvalue weighted by Gasteiger charge is 2.19. The molecule has 1 N–H and O–H groups in total. The number of thioether (sulfide) groups is 1. The zero-order chi connectivity index (χ0) is 13.4. The summed E-state index contributed by atoms with van der Waals surface area (Å²) in [5.41, 5.74) is -0.408. The van der Waals surface area contributed by atoms with Crippen molar-refractivity contribution in [1.29, 1.82) is 5.26 Å². The van der Waals surface area contributed by atoms with E-state index in [9.17, 15) is 0 Å². The molecule has 1 rings (SSSR count). The van der Waals surface area contributed by atoms with E-state index in [2.05, 4.69) is 17.5 Å². The molecule has 0 aliphatic heterocycles. The van der Waals surface area contributed by atoms with Crippen LogP contribution in [0.3, 0.4) is 0 Å². The number of hydrogen-bond acceptors (Lipinski definition) is 4. The van der Waals surface area contributed by atoms with Crippen molar-refractivity contribution in [1.82, 2.24) is 5.32 Å². The Morgan fingerprint density at radius 3 is 2.89 bits per heavy atom. The van der Waals surface area contributed by atoms with E-state index < -0.39 is 5.54 Å². The molecular formula is C14H20N2OS. The Hall–Kier alpha value is -1.18. The Morgan fingerprint density at radius 1 is 1.50 bits per heavy atom. The van der Waals surface area contributed by atoms with E-state index in [1.54, 1.807) is 18.9 Å². The third kappa shape index (κ3) is 4.59. The van der Waals surface area contributed by atoms with Crippen molar-refractivity contribution in [2.45, 2.75) is 30.2 Å². The van der Waals surface area contributed by atoms with Crippen LogP contribution in [0.4, 0.5) is 0 Å². The maximum Gasteiger partial charge on any atom is 0.119 e. The van der Waals surface area contributed by atoms with Crippen LogP contribution in [0.25, 0.3) is 0 Å². The van der Waals surface area contributed by atoms with Crippen LogP contribution in [-0.2, 0) is 0 Å². The van der Waals surface area contributed by atoms with Crippen molar-refractivity contribution in [3.63, 3.8) is 0 Å². The summed E-state index contributed by atoms with van der Waals surface area (Å²) in [6, 6.07) is 10.4. The lowest BCUT2D eigenvalue weighted by Gasteiger charge is -2.20. The molecule has 0 fully saturated rings.